The SMILES string of the molecule is CN(C)C/C=C(\c1ccc(-c2ccc(Cl)cc2)cc1)c1ccc([N+](=O)[O-])cc1. The smallest absolute Gasteiger partial charge is 0.269 e. The zero-order valence-electron chi connectivity index (χ0n) is 15.8. The molecular weight excluding hydrogens is 372 g/mol. The molecule has 3 aromatic rings. The van der Waals surface area contributed by atoms with E-state index in [2.05, 4.69) is 35.2 Å². The van der Waals surface area contributed by atoms with Crippen molar-refractivity contribution in [1.82, 2.24) is 4.90 Å². The molecule has 0 heterocycles. The van der Waals surface area contributed by atoms with Crippen LogP contribution in [0.5, 0.6) is 0 Å². The summed E-state index contributed by atoms with van der Waals surface area (Å²) in [7, 11) is 4.02. The molecule has 0 aliphatic heterocycles. The van der Waals surface area contributed by atoms with Crippen LogP contribution in [0.2, 0.25) is 5.02 Å². The van der Waals surface area contributed by atoms with Crippen LogP contribution < -0.4 is 0 Å². The fourth-order valence-corrected chi connectivity index (χ4v) is 3.05. The number of hydrogen-bond acceptors (Lipinski definition) is 3. The van der Waals surface area contributed by atoms with Gasteiger partial charge in [-0.3, -0.25) is 10.1 Å². The van der Waals surface area contributed by atoms with Crippen LogP contribution in [0, 0.1) is 10.1 Å². The Morgan fingerprint density at radius 1 is 0.893 bits per heavy atom. The van der Waals surface area contributed by atoms with Crippen LogP contribution in [0.1, 0.15) is 11.1 Å². The van der Waals surface area contributed by atoms with Gasteiger partial charge in [-0.1, -0.05) is 54.1 Å². The van der Waals surface area contributed by atoms with Crippen molar-refractivity contribution in [3.63, 3.8) is 0 Å². The molecule has 28 heavy (non-hydrogen) atoms. The monoisotopic (exact) mass is 392 g/mol. The predicted octanol–water partition coefficient (Wildman–Crippen LogP) is 5.91. The van der Waals surface area contributed by atoms with Gasteiger partial charge < -0.3 is 4.90 Å². The topological polar surface area (TPSA) is 46.4 Å². The van der Waals surface area contributed by atoms with Gasteiger partial charge in [-0.05, 0) is 66.2 Å². The van der Waals surface area contributed by atoms with E-state index in [1.165, 1.54) is 0 Å². The summed E-state index contributed by atoms with van der Waals surface area (Å²) in [6.45, 7) is 0.769. The van der Waals surface area contributed by atoms with Gasteiger partial charge >= 0.3 is 0 Å². The fourth-order valence-electron chi connectivity index (χ4n) is 2.92. The molecule has 0 unspecified atom stereocenters. The van der Waals surface area contributed by atoms with Crippen molar-refractivity contribution in [2.24, 2.45) is 0 Å². The quantitative estimate of drug-likeness (QED) is 0.387. The Labute approximate surface area is 169 Å². The largest absolute Gasteiger partial charge is 0.306 e. The summed E-state index contributed by atoms with van der Waals surface area (Å²) in [5, 5.41) is 11.7. The van der Waals surface area contributed by atoms with Crippen LogP contribution in [0.4, 0.5) is 5.69 Å². The van der Waals surface area contributed by atoms with Crippen LogP contribution in [0.3, 0.4) is 0 Å². The van der Waals surface area contributed by atoms with Crippen LogP contribution in [0.25, 0.3) is 16.7 Å². The number of non-ortho nitro benzene ring substituents is 1. The Hall–Kier alpha value is -2.95. The minimum Gasteiger partial charge on any atom is -0.306 e. The lowest BCUT2D eigenvalue weighted by Crippen LogP contribution is -2.11. The zero-order chi connectivity index (χ0) is 20.1. The summed E-state index contributed by atoms with van der Waals surface area (Å²) < 4.78 is 0. The standard InChI is InChI=1S/C23H21ClN2O2/c1-25(2)16-15-23(20-9-13-22(14-10-20)26(27)28)19-5-3-17(4-6-19)18-7-11-21(24)12-8-18/h3-15H,16H2,1-2H3/b23-15+. The number of hydrogen-bond donors (Lipinski definition) is 0. The molecule has 3 rings (SSSR count). The molecule has 0 bridgehead atoms. The summed E-state index contributed by atoms with van der Waals surface area (Å²) in [4.78, 5) is 12.6. The van der Waals surface area contributed by atoms with E-state index in [0.29, 0.717) is 5.02 Å². The van der Waals surface area contributed by atoms with Crippen molar-refractivity contribution < 1.29 is 4.92 Å². The number of halogens is 1. The molecule has 0 aromatic heterocycles. The van der Waals surface area contributed by atoms with Gasteiger partial charge in [-0.15, -0.1) is 0 Å². The van der Waals surface area contributed by atoms with E-state index >= 15 is 0 Å². The minimum absolute atomic E-state index is 0.0915. The molecule has 0 saturated carbocycles. The Bertz CT molecular complexity index is 977. The summed E-state index contributed by atoms with van der Waals surface area (Å²) in [5.74, 6) is 0. The average Bonchev–Trinajstić information content (AvgIpc) is 2.69. The van der Waals surface area contributed by atoms with Crippen LogP contribution in [-0.4, -0.2) is 30.5 Å². The van der Waals surface area contributed by atoms with Crippen molar-refractivity contribution in [3.05, 3.63) is 105 Å². The van der Waals surface area contributed by atoms with Gasteiger partial charge in [0.15, 0.2) is 0 Å². The van der Waals surface area contributed by atoms with Crippen molar-refractivity contribution in [3.8, 4) is 11.1 Å². The maximum atomic E-state index is 10.9. The maximum absolute atomic E-state index is 10.9. The first-order valence-corrected chi connectivity index (χ1v) is 9.28. The third-order valence-corrected chi connectivity index (χ3v) is 4.68. The highest BCUT2D eigenvalue weighted by atomic mass is 35.5. The molecule has 3 aromatic carbocycles. The van der Waals surface area contributed by atoms with E-state index in [1.54, 1.807) is 24.3 Å². The Balaban J connectivity index is 1.95. The number of rotatable bonds is 6. The molecule has 0 saturated heterocycles. The van der Waals surface area contributed by atoms with Crippen LogP contribution >= 0.6 is 11.6 Å². The second-order valence-corrected chi connectivity index (χ2v) is 7.20. The van der Waals surface area contributed by atoms with Gasteiger partial charge in [0.1, 0.15) is 0 Å². The number of benzene rings is 3. The molecular formula is C23H21ClN2O2. The van der Waals surface area contributed by atoms with Crippen molar-refractivity contribution in [2.45, 2.75) is 0 Å². The van der Waals surface area contributed by atoms with Gasteiger partial charge in [0, 0.05) is 23.7 Å². The molecule has 0 atom stereocenters. The van der Waals surface area contributed by atoms with E-state index < -0.39 is 0 Å². The highest BCUT2D eigenvalue weighted by Crippen LogP contribution is 2.28. The average molecular weight is 393 g/mol. The molecule has 0 aliphatic carbocycles. The highest BCUT2D eigenvalue weighted by Gasteiger charge is 2.09. The lowest BCUT2D eigenvalue weighted by atomic mass is 9.95. The van der Waals surface area contributed by atoms with Crippen molar-refractivity contribution in [1.29, 1.82) is 0 Å². The molecule has 4 nitrogen and oxygen atoms in total. The lowest BCUT2D eigenvalue weighted by molar-refractivity contribution is -0.384. The zero-order valence-corrected chi connectivity index (χ0v) is 16.6. The fraction of sp³-hybridized carbons (Fsp3) is 0.130. The molecule has 0 aliphatic rings. The Morgan fingerprint density at radius 2 is 1.36 bits per heavy atom. The van der Waals surface area contributed by atoms with Crippen molar-refractivity contribution in [2.75, 3.05) is 20.6 Å². The van der Waals surface area contributed by atoms with E-state index in [1.807, 2.05) is 38.4 Å². The third-order valence-electron chi connectivity index (χ3n) is 4.42. The predicted molar refractivity (Wildman–Crippen MR) is 116 cm³/mol. The van der Waals surface area contributed by atoms with E-state index in [4.69, 9.17) is 11.6 Å². The maximum Gasteiger partial charge on any atom is 0.269 e. The second kappa shape index (κ2) is 8.83. The van der Waals surface area contributed by atoms with E-state index in [-0.39, 0.29) is 10.6 Å². The van der Waals surface area contributed by atoms with Crippen molar-refractivity contribution >= 4 is 22.9 Å². The molecule has 0 radical (unpaired) electrons. The first-order chi connectivity index (χ1) is 13.4. The summed E-state index contributed by atoms with van der Waals surface area (Å²) in [6.07, 6.45) is 2.14. The number of nitrogens with zero attached hydrogens (tertiary/aromatic N) is 2. The van der Waals surface area contributed by atoms with Gasteiger partial charge in [0.25, 0.3) is 5.69 Å². The first kappa shape index (κ1) is 19.8. The molecule has 0 amide bonds. The van der Waals surface area contributed by atoms with Gasteiger partial charge in [-0.2, -0.15) is 0 Å². The highest BCUT2D eigenvalue weighted by molar-refractivity contribution is 6.30. The molecule has 0 fully saturated rings. The molecule has 5 heteroatoms. The van der Waals surface area contributed by atoms with Crippen LogP contribution in [0.15, 0.2) is 78.9 Å². The molecule has 142 valence electrons. The number of nitro benzene ring substituents is 1. The third kappa shape index (κ3) is 4.85. The lowest BCUT2D eigenvalue weighted by Gasteiger charge is -2.12. The van der Waals surface area contributed by atoms with Crippen LogP contribution in [-0.2, 0) is 0 Å². The molecule has 0 spiro atoms. The van der Waals surface area contributed by atoms with E-state index in [9.17, 15) is 10.1 Å². The second-order valence-electron chi connectivity index (χ2n) is 6.77. The first-order valence-electron chi connectivity index (χ1n) is 8.90. The summed E-state index contributed by atoms with van der Waals surface area (Å²) >= 11 is 5.97. The summed E-state index contributed by atoms with van der Waals surface area (Å²) in [6, 6.07) is 22.7. The number of likely N-dealkylation sites (N-methyl/N-ethyl adjacent to an activating group) is 1. The number of nitro groups is 1. The Kier molecular flexibility index (Phi) is 6.24. The Morgan fingerprint density at radius 3 is 1.82 bits per heavy atom. The van der Waals surface area contributed by atoms with Gasteiger partial charge in [-0.25, -0.2) is 0 Å². The molecule has 0 N–H and O–H groups in total. The van der Waals surface area contributed by atoms with E-state index in [0.717, 1.165) is 34.4 Å². The normalized spacial score (nSPS) is 11.6. The summed E-state index contributed by atoms with van der Waals surface area (Å²) in [5.41, 5.74) is 5.36. The minimum atomic E-state index is -0.381. The van der Waals surface area contributed by atoms with Gasteiger partial charge in [0.2, 0.25) is 0 Å². The van der Waals surface area contributed by atoms with Gasteiger partial charge in [0.05, 0.1) is 4.92 Å².